The van der Waals surface area contributed by atoms with Crippen molar-refractivity contribution in [1.82, 2.24) is 0 Å². The summed E-state index contributed by atoms with van der Waals surface area (Å²) in [7, 11) is 0. The molecule has 0 aromatic carbocycles. The lowest BCUT2D eigenvalue weighted by atomic mass is 9.51. The summed E-state index contributed by atoms with van der Waals surface area (Å²) in [6.07, 6.45) is 2.39. The molecule has 0 aromatic rings. The van der Waals surface area contributed by atoms with Crippen molar-refractivity contribution in [3.8, 4) is 0 Å². The van der Waals surface area contributed by atoms with E-state index in [1.165, 1.54) is 6.92 Å². The van der Waals surface area contributed by atoms with Gasteiger partial charge in [-0.1, -0.05) is 6.42 Å². The second-order valence-electron chi connectivity index (χ2n) is 4.63. The molecule has 3 aliphatic rings. The number of hydrogen-bond acceptors (Lipinski definition) is 3. The molecule has 0 saturated heterocycles. The Kier molecular flexibility index (Phi) is 2.13. The van der Waals surface area contributed by atoms with Crippen LogP contribution in [-0.4, -0.2) is 33.1 Å². The summed E-state index contributed by atoms with van der Waals surface area (Å²) in [6, 6.07) is 0. The molecule has 0 heterocycles. The van der Waals surface area contributed by atoms with Gasteiger partial charge in [-0.3, -0.25) is 0 Å². The minimum absolute atomic E-state index is 0.218. The third-order valence-corrected chi connectivity index (χ3v) is 3.91. The highest BCUT2D eigenvalue weighted by Gasteiger charge is 2.60. The first-order chi connectivity index (χ1) is 6.06. The Bertz CT molecular complexity index is 188. The van der Waals surface area contributed by atoms with Gasteiger partial charge in [-0.15, -0.1) is 0 Å². The maximum atomic E-state index is 10.2. The highest BCUT2D eigenvalue weighted by atomic mass is 16.4. The minimum atomic E-state index is -0.980. The third-order valence-electron chi connectivity index (χ3n) is 3.91. The van der Waals surface area contributed by atoms with E-state index in [2.05, 4.69) is 0 Å². The lowest BCUT2D eigenvalue weighted by Gasteiger charge is -2.59. The summed E-state index contributed by atoms with van der Waals surface area (Å²) in [5.74, 6) is 0.437. The largest absolute Gasteiger partial charge is 0.391 e. The van der Waals surface area contributed by atoms with E-state index in [1.54, 1.807) is 0 Å². The van der Waals surface area contributed by atoms with Crippen molar-refractivity contribution < 1.29 is 15.3 Å². The maximum absolute atomic E-state index is 10.2. The van der Waals surface area contributed by atoms with Gasteiger partial charge in [0.25, 0.3) is 0 Å². The summed E-state index contributed by atoms with van der Waals surface area (Å²) in [5, 5.41) is 29.2. The van der Waals surface area contributed by atoms with Gasteiger partial charge >= 0.3 is 0 Å². The van der Waals surface area contributed by atoms with Crippen LogP contribution in [-0.2, 0) is 0 Å². The molecule has 3 aliphatic carbocycles. The van der Waals surface area contributed by atoms with E-state index in [-0.39, 0.29) is 11.8 Å². The highest BCUT2D eigenvalue weighted by molar-refractivity contribution is 5.10. The summed E-state index contributed by atoms with van der Waals surface area (Å²) in [5.41, 5.74) is -0.980. The Morgan fingerprint density at radius 2 is 1.77 bits per heavy atom. The average molecular weight is 186 g/mol. The first-order valence-electron chi connectivity index (χ1n) is 5.15. The fourth-order valence-corrected chi connectivity index (χ4v) is 3.07. The Labute approximate surface area is 78.4 Å². The molecule has 0 amide bonds. The first-order valence-corrected chi connectivity index (χ1v) is 5.15. The molecule has 3 saturated carbocycles. The fraction of sp³-hybridized carbons (Fsp3) is 1.00. The van der Waals surface area contributed by atoms with Crippen molar-refractivity contribution in [3.63, 3.8) is 0 Å². The number of rotatable bonds is 2. The second-order valence-corrected chi connectivity index (χ2v) is 4.63. The van der Waals surface area contributed by atoms with Gasteiger partial charge in [0.1, 0.15) is 6.10 Å². The van der Waals surface area contributed by atoms with Crippen LogP contribution in [0.2, 0.25) is 0 Å². The summed E-state index contributed by atoms with van der Waals surface area (Å²) in [6.45, 7) is 1.54. The summed E-state index contributed by atoms with van der Waals surface area (Å²) in [4.78, 5) is 0. The number of aliphatic hydroxyl groups is 3. The van der Waals surface area contributed by atoms with E-state index >= 15 is 0 Å². The van der Waals surface area contributed by atoms with E-state index < -0.39 is 17.8 Å². The molecular weight excluding hydrogens is 168 g/mol. The molecule has 0 radical (unpaired) electrons. The van der Waals surface area contributed by atoms with Gasteiger partial charge in [-0.25, -0.2) is 0 Å². The molecule has 3 heteroatoms. The molecule has 2 unspecified atom stereocenters. The smallest absolute Gasteiger partial charge is 0.109 e. The molecule has 0 aliphatic heterocycles. The van der Waals surface area contributed by atoms with Crippen molar-refractivity contribution in [2.45, 2.75) is 50.4 Å². The molecule has 4 atom stereocenters. The molecule has 3 nitrogen and oxygen atoms in total. The zero-order chi connectivity index (χ0) is 9.64. The Balaban J connectivity index is 2.12. The molecule has 3 N–H and O–H groups in total. The predicted octanol–water partition coefficient (Wildman–Crippen LogP) is 0.279. The fourth-order valence-electron chi connectivity index (χ4n) is 3.07. The maximum Gasteiger partial charge on any atom is 0.109 e. The number of fused-ring (bicyclic) bond motifs is 2. The highest BCUT2D eigenvalue weighted by Crippen LogP contribution is 2.55. The van der Waals surface area contributed by atoms with Gasteiger partial charge in [0.2, 0.25) is 0 Å². The molecule has 0 spiro atoms. The van der Waals surface area contributed by atoms with Gasteiger partial charge in [0.15, 0.2) is 0 Å². The monoisotopic (exact) mass is 186 g/mol. The van der Waals surface area contributed by atoms with Gasteiger partial charge in [0, 0.05) is 0 Å². The van der Waals surface area contributed by atoms with Crippen LogP contribution in [0.1, 0.15) is 32.6 Å². The van der Waals surface area contributed by atoms with Crippen LogP contribution in [0.5, 0.6) is 0 Å². The van der Waals surface area contributed by atoms with E-state index in [0.29, 0.717) is 0 Å². The molecule has 3 fully saturated rings. The quantitative estimate of drug-likeness (QED) is 0.580. The molecule has 2 bridgehead atoms. The van der Waals surface area contributed by atoms with Crippen LogP contribution >= 0.6 is 0 Å². The van der Waals surface area contributed by atoms with Crippen molar-refractivity contribution >= 4 is 0 Å². The first kappa shape index (κ1) is 9.44. The van der Waals surface area contributed by atoms with Crippen LogP contribution in [0.4, 0.5) is 0 Å². The topological polar surface area (TPSA) is 60.7 Å². The average Bonchev–Trinajstić information content (AvgIpc) is 2.16. The summed E-state index contributed by atoms with van der Waals surface area (Å²) < 4.78 is 0. The van der Waals surface area contributed by atoms with E-state index in [1.807, 2.05) is 0 Å². The van der Waals surface area contributed by atoms with Crippen molar-refractivity contribution in [1.29, 1.82) is 0 Å². The standard InChI is InChI=1S/C10H18O3/c1-6(11)9(12)10(13)7-3-2-4-8(10)5-7/h6-9,11-13H,2-5H2,1H3/t6-,7?,8?,9+,10?/m0/s1. The molecular formula is C10H18O3. The molecule has 0 aromatic heterocycles. The Morgan fingerprint density at radius 1 is 1.23 bits per heavy atom. The van der Waals surface area contributed by atoms with Crippen molar-refractivity contribution in [3.05, 3.63) is 0 Å². The van der Waals surface area contributed by atoms with Crippen molar-refractivity contribution in [2.75, 3.05) is 0 Å². The normalized spacial score (nSPS) is 48.0. The Hall–Kier alpha value is -0.120. The van der Waals surface area contributed by atoms with Crippen LogP contribution < -0.4 is 0 Å². The minimum Gasteiger partial charge on any atom is -0.391 e. The number of aliphatic hydroxyl groups excluding tert-OH is 2. The predicted molar refractivity (Wildman–Crippen MR) is 48.1 cm³/mol. The van der Waals surface area contributed by atoms with E-state index in [9.17, 15) is 15.3 Å². The van der Waals surface area contributed by atoms with Gasteiger partial charge in [-0.05, 0) is 38.0 Å². The van der Waals surface area contributed by atoms with Crippen LogP contribution in [0, 0.1) is 11.8 Å². The van der Waals surface area contributed by atoms with Crippen LogP contribution in [0.25, 0.3) is 0 Å². The van der Waals surface area contributed by atoms with Crippen LogP contribution in [0.3, 0.4) is 0 Å². The third kappa shape index (κ3) is 1.14. The molecule has 13 heavy (non-hydrogen) atoms. The van der Waals surface area contributed by atoms with Gasteiger partial charge in [-0.2, -0.15) is 0 Å². The second kappa shape index (κ2) is 2.94. The molecule has 76 valence electrons. The lowest BCUT2D eigenvalue weighted by molar-refractivity contribution is -0.249. The van der Waals surface area contributed by atoms with Crippen molar-refractivity contribution in [2.24, 2.45) is 11.8 Å². The SMILES string of the molecule is C[C@H](O)[C@@H](O)C1(O)C2CCCC1C2. The Morgan fingerprint density at radius 3 is 2.15 bits per heavy atom. The van der Waals surface area contributed by atoms with E-state index in [4.69, 9.17) is 0 Å². The molecule has 3 rings (SSSR count). The summed E-state index contributed by atoms with van der Waals surface area (Å²) >= 11 is 0. The van der Waals surface area contributed by atoms with Gasteiger partial charge < -0.3 is 15.3 Å². The van der Waals surface area contributed by atoms with Gasteiger partial charge in [0.05, 0.1) is 11.7 Å². The number of hydrogen-bond donors (Lipinski definition) is 3. The van der Waals surface area contributed by atoms with Crippen LogP contribution in [0.15, 0.2) is 0 Å². The zero-order valence-electron chi connectivity index (χ0n) is 7.98. The lowest BCUT2D eigenvalue weighted by Crippen LogP contribution is -2.67. The zero-order valence-corrected chi connectivity index (χ0v) is 7.98. The van der Waals surface area contributed by atoms with E-state index in [0.717, 1.165) is 25.7 Å².